The molecule has 0 aromatic rings. The third-order valence-corrected chi connectivity index (χ3v) is 3.85. The van der Waals surface area contributed by atoms with E-state index in [9.17, 15) is 4.79 Å². The zero-order valence-electron chi connectivity index (χ0n) is 9.64. The summed E-state index contributed by atoms with van der Waals surface area (Å²) in [5, 5.41) is 6.54. The zero-order valence-corrected chi connectivity index (χ0v) is 9.64. The summed E-state index contributed by atoms with van der Waals surface area (Å²) in [6.07, 6.45) is 6.70. The minimum Gasteiger partial charge on any atom is -0.351 e. The zero-order chi connectivity index (χ0) is 10.7. The summed E-state index contributed by atoms with van der Waals surface area (Å²) in [4.78, 5) is 11.8. The van der Waals surface area contributed by atoms with Crippen LogP contribution >= 0.6 is 0 Å². The van der Waals surface area contributed by atoms with E-state index in [0.717, 1.165) is 32.4 Å². The SMILES string of the molecule is CC1(NC(=O)CC2CCC2)CCNCC1. The predicted octanol–water partition coefficient (Wildman–Crippen LogP) is 1.43. The minimum atomic E-state index is 0.0477. The Hall–Kier alpha value is -0.570. The lowest BCUT2D eigenvalue weighted by molar-refractivity contribution is -0.124. The van der Waals surface area contributed by atoms with Gasteiger partial charge in [-0.05, 0) is 51.6 Å². The molecular weight excluding hydrogens is 188 g/mol. The molecule has 3 nitrogen and oxygen atoms in total. The second kappa shape index (κ2) is 4.52. The summed E-state index contributed by atoms with van der Waals surface area (Å²) in [5.41, 5.74) is 0.0477. The molecule has 2 fully saturated rings. The van der Waals surface area contributed by atoms with Gasteiger partial charge in [-0.3, -0.25) is 4.79 Å². The normalized spacial score (nSPS) is 25.7. The van der Waals surface area contributed by atoms with Gasteiger partial charge in [0.1, 0.15) is 0 Å². The van der Waals surface area contributed by atoms with Crippen LogP contribution in [-0.2, 0) is 4.79 Å². The number of hydrogen-bond donors (Lipinski definition) is 2. The van der Waals surface area contributed by atoms with Crippen LogP contribution < -0.4 is 10.6 Å². The maximum absolute atomic E-state index is 11.8. The van der Waals surface area contributed by atoms with E-state index in [0.29, 0.717) is 5.92 Å². The minimum absolute atomic E-state index is 0.0477. The van der Waals surface area contributed by atoms with Crippen LogP contribution in [0.3, 0.4) is 0 Å². The Morgan fingerprint density at radius 2 is 2.07 bits per heavy atom. The van der Waals surface area contributed by atoms with Gasteiger partial charge in [0, 0.05) is 12.0 Å². The van der Waals surface area contributed by atoms with Crippen molar-refractivity contribution in [3.8, 4) is 0 Å². The lowest BCUT2D eigenvalue weighted by Crippen LogP contribution is -2.52. The van der Waals surface area contributed by atoms with Crippen LogP contribution in [0.5, 0.6) is 0 Å². The van der Waals surface area contributed by atoms with Crippen LogP contribution in [0.2, 0.25) is 0 Å². The Morgan fingerprint density at radius 3 is 2.60 bits per heavy atom. The van der Waals surface area contributed by atoms with Crippen molar-refractivity contribution in [3.63, 3.8) is 0 Å². The molecule has 15 heavy (non-hydrogen) atoms. The van der Waals surface area contributed by atoms with Crippen LogP contribution in [0.4, 0.5) is 0 Å². The fourth-order valence-corrected chi connectivity index (χ4v) is 2.45. The van der Waals surface area contributed by atoms with E-state index >= 15 is 0 Å². The molecule has 0 aromatic heterocycles. The van der Waals surface area contributed by atoms with Gasteiger partial charge in [-0.1, -0.05) is 6.42 Å². The molecular formula is C12H22N2O. The summed E-state index contributed by atoms with van der Waals surface area (Å²) < 4.78 is 0. The standard InChI is InChI=1S/C12H22N2O/c1-12(5-7-13-8-6-12)14-11(15)9-10-3-2-4-10/h10,13H,2-9H2,1H3,(H,14,15). The van der Waals surface area contributed by atoms with E-state index in [1.165, 1.54) is 19.3 Å². The monoisotopic (exact) mass is 210 g/mol. The Morgan fingerprint density at radius 1 is 1.40 bits per heavy atom. The molecule has 0 unspecified atom stereocenters. The molecule has 86 valence electrons. The Balaban J connectivity index is 1.75. The smallest absolute Gasteiger partial charge is 0.220 e. The summed E-state index contributed by atoms with van der Waals surface area (Å²) in [7, 11) is 0. The van der Waals surface area contributed by atoms with Crippen molar-refractivity contribution in [2.24, 2.45) is 5.92 Å². The molecule has 1 saturated carbocycles. The number of carbonyl (C=O) groups excluding carboxylic acids is 1. The average Bonchev–Trinajstić information content (AvgIpc) is 2.12. The molecule has 1 heterocycles. The third-order valence-electron chi connectivity index (χ3n) is 3.85. The molecule has 0 bridgehead atoms. The van der Waals surface area contributed by atoms with Crippen LogP contribution in [0, 0.1) is 5.92 Å². The Labute approximate surface area is 92.0 Å². The van der Waals surface area contributed by atoms with Crippen molar-refractivity contribution in [1.29, 1.82) is 0 Å². The molecule has 0 spiro atoms. The molecule has 1 aliphatic heterocycles. The first-order valence-electron chi connectivity index (χ1n) is 6.20. The molecule has 1 amide bonds. The van der Waals surface area contributed by atoms with Gasteiger partial charge in [0.25, 0.3) is 0 Å². The molecule has 0 aromatic carbocycles. The maximum Gasteiger partial charge on any atom is 0.220 e. The molecule has 2 aliphatic rings. The van der Waals surface area contributed by atoms with Crippen molar-refractivity contribution in [3.05, 3.63) is 0 Å². The largest absolute Gasteiger partial charge is 0.351 e. The average molecular weight is 210 g/mol. The van der Waals surface area contributed by atoms with Crippen LogP contribution in [0.1, 0.15) is 45.4 Å². The fraction of sp³-hybridized carbons (Fsp3) is 0.917. The Bertz CT molecular complexity index is 230. The highest BCUT2D eigenvalue weighted by molar-refractivity contribution is 5.77. The number of piperidine rings is 1. The van der Waals surface area contributed by atoms with Crippen molar-refractivity contribution in [2.75, 3.05) is 13.1 Å². The molecule has 1 saturated heterocycles. The lowest BCUT2D eigenvalue weighted by atomic mass is 9.82. The first-order chi connectivity index (χ1) is 7.18. The van der Waals surface area contributed by atoms with Gasteiger partial charge in [-0.15, -0.1) is 0 Å². The van der Waals surface area contributed by atoms with Gasteiger partial charge in [-0.2, -0.15) is 0 Å². The summed E-state index contributed by atoms with van der Waals surface area (Å²) in [6, 6.07) is 0. The van der Waals surface area contributed by atoms with Gasteiger partial charge in [0.2, 0.25) is 5.91 Å². The molecule has 0 atom stereocenters. The second-order valence-electron chi connectivity index (χ2n) is 5.36. The predicted molar refractivity (Wildman–Crippen MR) is 60.6 cm³/mol. The Kier molecular flexibility index (Phi) is 3.29. The van der Waals surface area contributed by atoms with E-state index < -0.39 is 0 Å². The van der Waals surface area contributed by atoms with Gasteiger partial charge in [0.05, 0.1) is 0 Å². The highest BCUT2D eigenvalue weighted by Gasteiger charge is 2.29. The van der Waals surface area contributed by atoms with Gasteiger partial charge < -0.3 is 10.6 Å². The van der Waals surface area contributed by atoms with Gasteiger partial charge in [-0.25, -0.2) is 0 Å². The number of nitrogens with one attached hydrogen (secondary N) is 2. The molecule has 1 aliphatic carbocycles. The van der Waals surface area contributed by atoms with Gasteiger partial charge >= 0.3 is 0 Å². The van der Waals surface area contributed by atoms with Gasteiger partial charge in [0.15, 0.2) is 0 Å². The third kappa shape index (κ3) is 2.94. The highest BCUT2D eigenvalue weighted by atomic mass is 16.1. The lowest BCUT2D eigenvalue weighted by Gasteiger charge is -2.36. The topological polar surface area (TPSA) is 41.1 Å². The molecule has 3 heteroatoms. The maximum atomic E-state index is 11.8. The summed E-state index contributed by atoms with van der Waals surface area (Å²) in [5.74, 6) is 0.944. The van der Waals surface area contributed by atoms with Crippen molar-refractivity contribution in [1.82, 2.24) is 10.6 Å². The fourth-order valence-electron chi connectivity index (χ4n) is 2.45. The summed E-state index contributed by atoms with van der Waals surface area (Å²) in [6.45, 7) is 4.23. The van der Waals surface area contributed by atoms with E-state index in [-0.39, 0.29) is 11.4 Å². The van der Waals surface area contributed by atoms with E-state index in [2.05, 4.69) is 17.6 Å². The number of amides is 1. The number of rotatable bonds is 3. The quantitative estimate of drug-likeness (QED) is 0.740. The second-order valence-corrected chi connectivity index (χ2v) is 5.36. The molecule has 2 N–H and O–H groups in total. The first kappa shape index (κ1) is 10.9. The van der Waals surface area contributed by atoms with Crippen LogP contribution in [0.25, 0.3) is 0 Å². The van der Waals surface area contributed by atoms with Crippen LogP contribution in [0.15, 0.2) is 0 Å². The number of hydrogen-bond acceptors (Lipinski definition) is 2. The van der Waals surface area contributed by atoms with E-state index in [4.69, 9.17) is 0 Å². The first-order valence-corrected chi connectivity index (χ1v) is 6.20. The highest BCUT2D eigenvalue weighted by Crippen LogP contribution is 2.29. The van der Waals surface area contributed by atoms with E-state index in [1.807, 2.05) is 0 Å². The van der Waals surface area contributed by atoms with Crippen molar-refractivity contribution in [2.45, 2.75) is 51.0 Å². The summed E-state index contributed by atoms with van der Waals surface area (Å²) >= 11 is 0. The molecule has 2 rings (SSSR count). The van der Waals surface area contributed by atoms with Crippen LogP contribution in [-0.4, -0.2) is 24.5 Å². The van der Waals surface area contributed by atoms with Crippen molar-refractivity contribution >= 4 is 5.91 Å². The van der Waals surface area contributed by atoms with Crippen molar-refractivity contribution < 1.29 is 4.79 Å². The van der Waals surface area contributed by atoms with E-state index in [1.54, 1.807) is 0 Å². The number of carbonyl (C=O) groups is 1. The molecule has 0 radical (unpaired) electrons.